The minimum Gasteiger partial charge on any atom is -0.349 e. The van der Waals surface area contributed by atoms with Crippen molar-refractivity contribution in [1.29, 1.82) is 0 Å². The SMILES string of the molecule is CC(NC(=O)CBr)c1ccc(Cl)cc1. The lowest BCUT2D eigenvalue weighted by Gasteiger charge is -2.13. The molecule has 0 saturated carbocycles. The molecule has 1 rings (SSSR count). The van der Waals surface area contributed by atoms with Gasteiger partial charge in [-0.2, -0.15) is 0 Å². The van der Waals surface area contributed by atoms with Crippen molar-refractivity contribution in [2.45, 2.75) is 13.0 Å². The first-order valence-corrected chi connectivity index (χ1v) is 5.74. The number of halogens is 2. The Hall–Kier alpha value is -0.540. The van der Waals surface area contributed by atoms with E-state index in [2.05, 4.69) is 21.2 Å². The Balaban J connectivity index is 2.65. The van der Waals surface area contributed by atoms with Crippen molar-refractivity contribution >= 4 is 33.4 Å². The Labute approximate surface area is 96.8 Å². The molecule has 0 fully saturated rings. The highest BCUT2D eigenvalue weighted by atomic mass is 79.9. The Morgan fingerprint density at radius 2 is 2.07 bits per heavy atom. The molecule has 2 nitrogen and oxygen atoms in total. The smallest absolute Gasteiger partial charge is 0.231 e. The van der Waals surface area contributed by atoms with Crippen molar-refractivity contribution in [2.75, 3.05) is 5.33 Å². The van der Waals surface area contributed by atoms with Crippen LogP contribution in [0.2, 0.25) is 5.02 Å². The summed E-state index contributed by atoms with van der Waals surface area (Å²) in [5, 5.41) is 3.86. The van der Waals surface area contributed by atoms with Crippen LogP contribution in [0, 0.1) is 0 Å². The van der Waals surface area contributed by atoms with Gasteiger partial charge in [-0.15, -0.1) is 0 Å². The maximum atomic E-state index is 11.1. The summed E-state index contributed by atoms with van der Waals surface area (Å²) in [5.74, 6) is -0.0209. The van der Waals surface area contributed by atoms with Crippen LogP contribution < -0.4 is 5.32 Å². The predicted octanol–water partition coefficient (Wildman–Crippen LogP) is 2.91. The summed E-state index contributed by atoms with van der Waals surface area (Å²) in [7, 11) is 0. The van der Waals surface area contributed by atoms with Gasteiger partial charge in [-0.1, -0.05) is 39.7 Å². The number of nitrogens with one attached hydrogen (secondary N) is 1. The molecule has 0 aromatic heterocycles. The third kappa shape index (κ3) is 3.31. The number of alkyl halides is 1. The second-order valence-corrected chi connectivity index (χ2v) is 3.97. The number of rotatable bonds is 3. The summed E-state index contributed by atoms with van der Waals surface area (Å²) >= 11 is 8.85. The lowest BCUT2D eigenvalue weighted by atomic mass is 10.1. The van der Waals surface area contributed by atoms with Crippen LogP contribution in [0.25, 0.3) is 0 Å². The molecule has 0 spiro atoms. The molecule has 1 aromatic carbocycles. The average Bonchev–Trinajstić information content (AvgIpc) is 2.18. The van der Waals surface area contributed by atoms with Gasteiger partial charge in [0.15, 0.2) is 0 Å². The summed E-state index contributed by atoms with van der Waals surface area (Å²) in [6.45, 7) is 1.93. The third-order valence-corrected chi connectivity index (χ3v) is 2.63. The average molecular weight is 277 g/mol. The first-order valence-electron chi connectivity index (χ1n) is 4.24. The van der Waals surface area contributed by atoms with E-state index in [1.807, 2.05) is 31.2 Å². The van der Waals surface area contributed by atoms with E-state index in [-0.39, 0.29) is 11.9 Å². The molecule has 1 aromatic rings. The van der Waals surface area contributed by atoms with Crippen LogP contribution in [0.3, 0.4) is 0 Å². The van der Waals surface area contributed by atoms with Gasteiger partial charge in [-0.25, -0.2) is 0 Å². The quantitative estimate of drug-likeness (QED) is 0.845. The van der Waals surface area contributed by atoms with Crippen LogP contribution in [0.1, 0.15) is 18.5 Å². The van der Waals surface area contributed by atoms with Crippen LogP contribution in [-0.2, 0) is 4.79 Å². The van der Waals surface area contributed by atoms with Crippen LogP contribution >= 0.6 is 27.5 Å². The molecule has 0 radical (unpaired) electrons. The van der Waals surface area contributed by atoms with Gasteiger partial charge in [0.2, 0.25) is 5.91 Å². The second-order valence-electron chi connectivity index (χ2n) is 2.97. The molecule has 0 aliphatic heterocycles. The Bertz CT molecular complexity index is 312. The van der Waals surface area contributed by atoms with Crippen molar-refractivity contribution in [3.8, 4) is 0 Å². The van der Waals surface area contributed by atoms with E-state index >= 15 is 0 Å². The molecule has 4 heteroatoms. The number of hydrogen-bond acceptors (Lipinski definition) is 1. The van der Waals surface area contributed by atoms with E-state index in [1.165, 1.54) is 0 Å². The second kappa shape index (κ2) is 5.37. The van der Waals surface area contributed by atoms with Crippen molar-refractivity contribution in [3.05, 3.63) is 34.9 Å². The number of benzene rings is 1. The van der Waals surface area contributed by atoms with E-state index in [0.29, 0.717) is 10.4 Å². The fraction of sp³-hybridized carbons (Fsp3) is 0.300. The predicted molar refractivity (Wildman–Crippen MR) is 61.8 cm³/mol. The molecule has 1 atom stereocenters. The molecule has 76 valence electrons. The van der Waals surface area contributed by atoms with Crippen molar-refractivity contribution in [1.82, 2.24) is 5.32 Å². The molecular formula is C10H11BrClNO. The molecular weight excluding hydrogens is 265 g/mol. The highest BCUT2D eigenvalue weighted by Gasteiger charge is 2.07. The van der Waals surface area contributed by atoms with Gasteiger partial charge in [0.25, 0.3) is 0 Å². The van der Waals surface area contributed by atoms with E-state index in [1.54, 1.807) is 0 Å². The Kier molecular flexibility index (Phi) is 4.42. The van der Waals surface area contributed by atoms with Crippen LogP contribution in [0.15, 0.2) is 24.3 Å². The zero-order valence-electron chi connectivity index (χ0n) is 7.76. The van der Waals surface area contributed by atoms with E-state index in [9.17, 15) is 4.79 Å². The first kappa shape index (κ1) is 11.5. The molecule has 1 unspecified atom stereocenters. The van der Waals surface area contributed by atoms with Gasteiger partial charge in [-0.3, -0.25) is 4.79 Å². The molecule has 1 amide bonds. The number of amides is 1. The zero-order valence-corrected chi connectivity index (χ0v) is 10.1. The van der Waals surface area contributed by atoms with E-state index in [4.69, 9.17) is 11.6 Å². The molecule has 1 N–H and O–H groups in total. The van der Waals surface area contributed by atoms with Crippen molar-refractivity contribution in [3.63, 3.8) is 0 Å². The molecule has 0 aliphatic rings. The summed E-state index contributed by atoms with van der Waals surface area (Å²) in [5.41, 5.74) is 1.05. The van der Waals surface area contributed by atoms with Crippen LogP contribution in [0.5, 0.6) is 0 Å². The van der Waals surface area contributed by atoms with Crippen molar-refractivity contribution < 1.29 is 4.79 Å². The van der Waals surface area contributed by atoms with Crippen LogP contribution in [0.4, 0.5) is 0 Å². The summed E-state index contributed by atoms with van der Waals surface area (Å²) in [6.07, 6.45) is 0. The summed E-state index contributed by atoms with van der Waals surface area (Å²) < 4.78 is 0. The molecule has 14 heavy (non-hydrogen) atoms. The third-order valence-electron chi connectivity index (χ3n) is 1.87. The van der Waals surface area contributed by atoms with Gasteiger partial charge in [0, 0.05) is 5.02 Å². The Morgan fingerprint density at radius 1 is 1.50 bits per heavy atom. The van der Waals surface area contributed by atoms with E-state index < -0.39 is 0 Å². The zero-order chi connectivity index (χ0) is 10.6. The summed E-state index contributed by atoms with van der Waals surface area (Å²) in [6, 6.07) is 7.45. The maximum Gasteiger partial charge on any atom is 0.231 e. The lowest BCUT2D eigenvalue weighted by Crippen LogP contribution is -2.27. The fourth-order valence-corrected chi connectivity index (χ4v) is 1.40. The number of hydrogen-bond donors (Lipinski definition) is 1. The van der Waals surface area contributed by atoms with Crippen LogP contribution in [-0.4, -0.2) is 11.2 Å². The maximum absolute atomic E-state index is 11.1. The monoisotopic (exact) mass is 275 g/mol. The number of carbonyl (C=O) groups is 1. The molecule has 0 aliphatic carbocycles. The highest BCUT2D eigenvalue weighted by molar-refractivity contribution is 9.09. The van der Waals surface area contributed by atoms with E-state index in [0.717, 1.165) is 5.56 Å². The molecule has 0 heterocycles. The van der Waals surface area contributed by atoms with Gasteiger partial charge >= 0.3 is 0 Å². The topological polar surface area (TPSA) is 29.1 Å². The molecule has 0 saturated heterocycles. The number of carbonyl (C=O) groups excluding carboxylic acids is 1. The standard InChI is InChI=1S/C10H11BrClNO/c1-7(13-10(14)6-11)8-2-4-9(12)5-3-8/h2-5,7H,6H2,1H3,(H,13,14). The normalized spacial score (nSPS) is 12.2. The van der Waals surface area contributed by atoms with Gasteiger partial charge < -0.3 is 5.32 Å². The highest BCUT2D eigenvalue weighted by Crippen LogP contribution is 2.15. The van der Waals surface area contributed by atoms with Crippen molar-refractivity contribution in [2.24, 2.45) is 0 Å². The lowest BCUT2D eigenvalue weighted by molar-refractivity contribution is -0.119. The first-order chi connectivity index (χ1) is 6.63. The largest absolute Gasteiger partial charge is 0.349 e. The van der Waals surface area contributed by atoms with Gasteiger partial charge in [0.05, 0.1) is 11.4 Å². The van der Waals surface area contributed by atoms with Gasteiger partial charge in [-0.05, 0) is 24.6 Å². The molecule has 0 bridgehead atoms. The Morgan fingerprint density at radius 3 is 2.57 bits per heavy atom. The summed E-state index contributed by atoms with van der Waals surface area (Å²) in [4.78, 5) is 11.1. The minimum absolute atomic E-state index is 0.0114. The minimum atomic E-state index is -0.0209. The fourth-order valence-electron chi connectivity index (χ4n) is 1.11. The van der Waals surface area contributed by atoms with Gasteiger partial charge in [0.1, 0.15) is 0 Å².